The molecule has 18 nitrogen and oxygen atoms in total. The lowest BCUT2D eigenvalue weighted by atomic mass is 10.1. The van der Waals surface area contributed by atoms with Gasteiger partial charge in [0.05, 0.1) is 165 Å². The molecule has 0 radical (unpaired) electrons. The van der Waals surface area contributed by atoms with E-state index >= 15 is 0 Å². The predicted molar refractivity (Wildman–Crippen MR) is 259 cm³/mol. The summed E-state index contributed by atoms with van der Waals surface area (Å²) in [4.78, 5) is 36.5. The van der Waals surface area contributed by atoms with Crippen LogP contribution >= 0.6 is 0 Å². The second-order valence-electron chi connectivity index (χ2n) is 15.8. The number of esters is 2. The summed E-state index contributed by atoms with van der Waals surface area (Å²) in [7, 11) is 1.64. The third-order valence-corrected chi connectivity index (χ3v) is 9.83. The van der Waals surface area contributed by atoms with Gasteiger partial charge in [-0.25, -0.2) is 4.79 Å². The first-order chi connectivity index (χ1) is 33.5. The van der Waals surface area contributed by atoms with Gasteiger partial charge in [-0.2, -0.15) is 0 Å². The average Bonchev–Trinajstić information content (AvgIpc) is 3.34. The Morgan fingerprint density at radius 2 is 0.706 bits per heavy atom. The van der Waals surface area contributed by atoms with Crippen molar-refractivity contribution in [1.29, 1.82) is 0 Å². The van der Waals surface area contributed by atoms with E-state index in [1.807, 2.05) is 0 Å². The summed E-state index contributed by atoms with van der Waals surface area (Å²) in [5, 5.41) is 2.59. The summed E-state index contributed by atoms with van der Waals surface area (Å²) in [6.07, 6.45) is 21.5. The van der Waals surface area contributed by atoms with E-state index in [0.717, 1.165) is 25.7 Å². The van der Waals surface area contributed by atoms with Crippen LogP contribution in [0.4, 0.5) is 0 Å². The summed E-state index contributed by atoms with van der Waals surface area (Å²) in [5.74, 6) is -1.40. The zero-order valence-electron chi connectivity index (χ0n) is 42.7. The Morgan fingerprint density at radius 1 is 0.382 bits per heavy atom. The van der Waals surface area contributed by atoms with Gasteiger partial charge >= 0.3 is 11.9 Å². The lowest BCUT2D eigenvalue weighted by Gasteiger charge is -2.13. The highest BCUT2D eigenvalue weighted by Gasteiger charge is 2.18. The van der Waals surface area contributed by atoms with E-state index in [2.05, 4.69) is 24.4 Å². The number of carbonyl (C=O) groups excluding carboxylic acids is 3. The third kappa shape index (κ3) is 54.6. The fraction of sp³-hybridized carbons (Fsp3) is 0.900. The molecule has 1 atom stereocenters. The van der Waals surface area contributed by atoms with Gasteiger partial charge in [-0.3, -0.25) is 9.59 Å². The Morgan fingerprint density at radius 3 is 1.07 bits per heavy atom. The van der Waals surface area contributed by atoms with Crippen LogP contribution in [0, 0.1) is 0 Å². The molecule has 0 aliphatic carbocycles. The van der Waals surface area contributed by atoms with Gasteiger partial charge in [0.1, 0.15) is 12.6 Å². The van der Waals surface area contributed by atoms with Crippen LogP contribution < -0.4 is 5.32 Å². The SMILES string of the molecule is CCCCCCCC/C=C/CCCCCCCCOC(=O)[C@H](C)NC(=O)CCC(=O)OCCOCCOCCOCCOCCOCCOCCOCCOCCOCCOCCOCCOC. The molecule has 18 heteroatoms. The van der Waals surface area contributed by atoms with Crippen LogP contribution in [0.15, 0.2) is 12.2 Å². The highest BCUT2D eigenvalue weighted by atomic mass is 16.6. The van der Waals surface area contributed by atoms with Gasteiger partial charge < -0.3 is 71.6 Å². The molecule has 0 heterocycles. The smallest absolute Gasteiger partial charge is 0.328 e. The third-order valence-electron chi connectivity index (χ3n) is 9.83. The normalized spacial score (nSPS) is 12.0. The van der Waals surface area contributed by atoms with E-state index in [-0.39, 0.29) is 26.1 Å². The van der Waals surface area contributed by atoms with E-state index in [4.69, 9.17) is 66.3 Å². The number of unbranched alkanes of at least 4 members (excludes halogenated alkanes) is 12. The van der Waals surface area contributed by atoms with Crippen molar-refractivity contribution in [1.82, 2.24) is 5.32 Å². The molecule has 0 aromatic carbocycles. The van der Waals surface area contributed by atoms with Gasteiger partial charge in [-0.05, 0) is 39.0 Å². The first kappa shape index (κ1) is 65.7. The molecule has 0 rings (SSSR count). The molecule has 68 heavy (non-hydrogen) atoms. The number of methoxy groups -OCH3 is 1. The number of amides is 1. The monoisotopic (exact) mass is 982 g/mol. The Balaban J connectivity index is 3.35. The minimum atomic E-state index is -0.785. The number of carbonyl (C=O) groups is 3. The summed E-state index contributed by atoms with van der Waals surface area (Å²) in [6.45, 7) is 15.0. The van der Waals surface area contributed by atoms with E-state index in [0.29, 0.717) is 152 Å². The Kier molecular flexibility index (Phi) is 55.3. The Labute approximate surface area is 410 Å². The van der Waals surface area contributed by atoms with Crippen LogP contribution in [0.25, 0.3) is 0 Å². The van der Waals surface area contributed by atoms with Crippen LogP contribution in [-0.2, 0) is 80.7 Å². The molecule has 0 aliphatic rings. The molecule has 0 aromatic rings. The number of nitrogens with one attached hydrogen (secondary N) is 1. The summed E-state index contributed by atoms with van der Waals surface area (Å²) in [6, 6.07) is -0.785. The molecule has 0 unspecified atom stereocenters. The van der Waals surface area contributed by atoms with Crippen molar-refractivity contribution < 1.29 is 80.7 Å². The lowest BCUT2D eigenvalue weighted by Crippen LogP contribution is -2.39. The number of hydrogen-bond acceptors (Lipinski definition) is 17. The van der Waals surface area contributed by atoms with E-state index in [9.17, 15) is 14.4 Å². The summed E-state index contributed by atoms with van der Waals surface area (Å²) in [5.41, 5.74) is 0. The number of hydrogen-bond donors (Lipinski definition) is 1. The fourth-order valence-electron chi connectivity index (χ4n) is 5.97. The molecule has 0 bridgehead atoms. The van der Waals surface area contributed by atoms with Gasteiger partial charge in [-0.1, -0.05) is 76.9 Å². The van der Waals surface area contributed by atoms with Crippen LogP contribution in [0.3, 0.4) is 0 Å². The molecular formula is C50H95NO17. The van der Waals surface area contributed by atoms with E-state index < -0.39 is 23.9 Å². The maximum atomic E-state index is 12.3. The second-order valence-corrected chi connectivity index (χ2v) is 15.8. The van der Waals surface area contributed by atoms with Gasteiger partial charge in [0.2, 0.25) is 5.91 Å². The van der Waals surface area contributed by atoms with Gasteiger partial charge in [0, 0.05) is 13.5 Å². The van der Waals surface area contributed by atoms with Crippen molar-refractivity contribution in [2.45, 2.75) is 123 Å². The number of ether oxygens (including phenoxy) is 14. The first-order valence-corrected chi connectivity index (χ1v) is 25.6. The maximum absolute atomic E-state index is 12.3. The summed E-state index contributed by atoms with van der Waals surface area (Å²) < 4.78 is 75.3. The van der Waals surface area contributed by atoms with Crippen LogP contribution in [0.5, 0.6) is 0 Å². The second kappa shape index (κ2) is 57.3. The highest BCUT2D eigenvalue weighted by Crippen LogP contribution is 2.10. The van der Waals surface area contributed by atoms with E-state index in [1.54, 1.807) is 14.0 Å². The molecule has 0 aromatic heterocycles. The van der Waals surface area contributed by atoms with Crippen molar-refractivity contribution >= 4 is 17.8 Å². The number of rotatable bonds is 57. The molecule has 0 spiro atoms. The fourth-order valence-corrected chi connectivity index (χ4v) is 5.97. The molecule has 0 saturated heterocycles. The van der Waals surface area contributed by atoms with Crippen molar-refractivity contribution in [3.8, 4) is 0 Å². The average molecular weight is 982 g/mol. The van der Waals surface area contributed by atoms with Crippen molar-refractivity contribution in [2.24, 2.45) is 0 Å². The Bertz CT molecular complexity index is 1090. The van der Waals surface area contributed by atoms with E-state index in [1.165, 1.54) is 64.2 Å². The number of allylic oxidation sites excluding steroid dienone is 2. The van der Waals surface area contributed by atoms with Crippen molar-refractivity contribution in [2.75, 3.05) is 172 Å². The minimum absolute atomic E-state index is 0.0684. The topological polar surface area (TPSA) is 192 Å². The van der Waals surface area contributed by atoms with Gasteiger partial charge in [-0.15, -0.1) is 0 Å². The molecule has 0 saturated carbocycles. The highest BCUT2D eigenvalue weighted by molar-refractivity contribution is 5.86. The molecule has 1 N–H and O–H groups in total. The zero-order chi connectivity index (χ0) is 49.3. The van der Waals surface area contributed by atoms with Crippen molar-refractivity contribution in [3.05, 3.63) is 12.2 Å². The maximum Gasteiger partial charge on any atom is 0.328 e. The summed E-state index contributed by atoms with van der Waals surface area (Å²) >= 11 is 0. The molecular weight excluding hydrogens is 887 g/mol. The Hall–Kier alpha value is -2.33. The first-order valence-electron chi connectivity index (χ1n) is 25.6. The standard InChI is InChI=1S/C50H95NO17/c1-4-5-6-7-8-9-10-11-12-13-14-15-16-17-18-19-22-68-50(54)47(2)51-48(52)20-21-49(53)67-46-45-66-44-43-65-42-41-64-40-39-63-38-37-62-36-35-61-34-33-60-32-31-59-30-29-58-28-27-57-26-25-56-24-23-55-3/h11-12,47H,4-10,13-46H2,1-3H3,(H,51,52)/b12-11+/t47-/m0/s1. The molecule has 0 fully saturated rings. The molecule has 402 valence electrons. The predicted octanol–water partition coefficient (Wildman–Crippen LogP) is 6.22. The quantitative estimate of drug-likeness (QED) is 0.0410. The lowest BCUT2D eigenvalue weighted by molar-refractivity contribution is -0.148. The minimum Gasteiger partial charge on any atom is -0.464 e. The largest absolute Gasteiger partial charge is 0.464 e. The van der Waals surface area contributed by atoms with Crippen molar-refractivity contribution in [3.63, 3.8) is 0 Å². The van der Waals surface area contributed by atoms with Gasteiger partial charge in [0.15, 0.2) is 0 Å². The molecule has 1 amide bonds. The molecule has 0 aliphatic heterocycles. The van der Waals surface area contributed by atoms with Crippen LogP contribution in [0.2, 0.25) is 0 Å². The van der Waals surface area contributed by atoms with Crippen LogP contribution in [0.1, 0.15) is 117 Å². The van der Waals surface area contributed by atoms with Gasteiger partial charge in [0.25, 0.3) is 0 Å². The zero-order valence-corrected chi connectivity index (χ0v) is 42.7. The van der Waals surface area contributed by atoms with Crippen LogP contribution in [-0.4, -0.2) is 196 Å².